The lowest BCUT2D eigenvalue weighted by molar-refractivity contribution is -0.157. The zero-order chi connectivity index (χ0) is 35.9. The molecule has 1 amide bonds. The van der Waals surface area contributed by atoms with Gasteiger partial charge in [0.05, 0.1) is 16.6 Å². The van der Waals surface area contributed by atoms with Gasteiger partial charge in [-0.25, -0.2) is 19.6 Å². The smallest absolute Gasteiger partial charge is 0.407 e. The van der Waals surface area contributed by atoms with E-state index < -0.39 is 23.3 Å². The van der Waals surface area contributed by atoms with Crippen molar-refractivity contribution in [3.8, 4) is 11.6 Å². The van der Waals surface area contributed by atoms with Gasteiger partial charge in [-0.05, 0) is 65.7 Å². The van der Waals surface area contributed by atoms with Crippen molar-refractivity contribution in [2.75, 3.05) is 44.2 Å². The second-order valence-electron chi connectivity index (χ2n) is 14.3. The Morgan fingerprint density at radius 3 is 2.40 bits per heavy atom. The van der Waals surface area contributed by atoms with Gasteiger partial charge in [-0.2, -0.15) is 0 Å². The maximum atomic E-state index is 12.7. The van der Waals surface area contributed by atoms with Crippen LogP contribution in [0.1, 0.15) is 52.7 Å². The number of carbonyl (C=O) groups is 2. The molecule has 13 nitrogen and oxygen atoms in total. The molecule has 1 atom stereocenters. The molecule has 0 unspecified atom stereocenters. The number of esters is 1. The van der Waals surface area contributed by atoms with Gasteiger partial charge >= 0.3 is 12.1 Å². The highest BCUT2D eigenvalue weighted by atomic mass is 16.6. The van der Waals surface area contributed by atoms with E-state index in [4.69, 9.17) is 14.2 Å². The number of alkyl carbamates (subject to hydrolysis) is 1. The first-order chi connectivity index (χ1) is 23.7. The first kappa shape index (κ1) is 36.1. The molecule has 0 bridgehead atoms. The summed E-state index contributed by atoms with van der Waals surface area (Å²) in [7, 11) is 0. The third-order valence-corrected chi connectivity index (χ3v) is 7.72. The van der Waals surface area contributed by atoms with Crippen LogP contribution in [0.3, 0.4) is 0 Å². The molecule has 2 aromatic carbocycles. The van der Waals surface area contributed by atoms with Crippen LogP contribution in [-0.4, -0.2) is 99.8 Å². The first-order valence-corrected chi connectivity index (χ1v) is 16.8. The summed E-state index contributed by atoms with van der Waals surface area (Å²) < 4.78 is 16.5. The van der Waals surface area contributed by atoms with E-state index in [-0.39, 0.29) is 18.5 Å². The Balaban J connectivity index is 1.26. The Labute approximate surface area is 292 Å². The Kier molecular flexibility index (Phi) is 11.3. The molecule has 0 radical (unpaired) electrons. The second kappa shape index (κ2) is 15.6. The number of anilines is 1. The van der Waals surface area contributed by atoms with Crippen molar-refractivity contribution in [3.63, 3.8) is 0 Å². The number of ether oxygens (including phenoxy) is 3. The molecule has 0 saturated carbocycles. The summed E-state index contributed by atoms with van der Waals surface area (Å²) in [5, 5.41) is 14.6. The van der Waals surface area contributed by atoms with Gasteiger partial charge in [0.2, 0.25) is 0 Å². The summed E-state index contributed by atoms with van der Waals surface area (Å²) in [6.45, 7) is 14.2. The number of nitrogens with one attached hydrogen (secondary N) is 2. The van der Waals surface area contributed by atoms with E-state index >= 15 is 0 Å². The molecule has 5 rings (SSSR count). The SMILES string of the molecule is CC(C)(C)OC(=O)COc1cccc(N=Cc2c(O)[nH]c3ncnc(N4CCN(C[C@@H](Cc5ccccc5)NC(=O)OC(C)(C)C)CC4)c23)c1. The number of rotatable bonds is 11. The van der Waals surface area contributed by atoms with Crippen LogP contribution in [-0.2, 0) is 20.7 Å². The number of aromatic amines is 1. The van der Waals surface area contributed by atoms with Crippen molar-refractivity contribution in [3.05, 3.63) is 72.1 Å². The first-order valence-electron chi connectivity index (χ1n) is 16.8. The molecule has 3 N–H and O–H groups in total. The number of aliphatic imine (C=N–C) groups is 1. The molecule has 1 aliphatic heterocycles. The zero-order valence-electron chi connectivity index (χ0n) is 29.6. The van der Waals surface area contributed by atoms with Crippen LogP contribution in [0.4, 0.5) is 16.3 Å². The van der Waals surface area contributed by atoms with Gasteiger partial charge in [0.25, 0.3) is 0 Å². The molecule has 0 spiro atoms. The number of aromatic hydroxyl groups is 1. The van der Waals surface area contributed by atoms with Gasteiger partial charge in [0.1, 0.15) is 34.7 Å². The molecular weight excluding hydrogens is 638 g/mol. The van der Waals surface area contributed by atoms with Crippen molar-refractivity contribution >= 4 is 40.8 Å². The quantitative estimate of drug-likeness (QED) is 0.138. The molecule has 0 aliphatic carbocycles. The molecule has 1 aliphatic rings. The van der Waals surface area contributed by atoms with E-state index in [1.807, 2.05) is 39.0 Å². The molecule has 4 aromatic rings. The predicted molar refractivity (Wildman–Crippen MR) is 193 cm³/mol. The summed E-state index contributed by atoms with van der Waals surface area (Å²) in [6.07, 6.45) is 3.30. The van der Waals surface area contributed by atoms with Crippen LogP contribution in [0.2, 0.25) is 0 Å². The minimum absolute atomic E-state index is 0.0709. The fourth-order valence-corrected chi connectivity index (χ4v) is 5.68. The lowest BCUT2D eigenvalue weighted by atomic mass is 10.1. The van der Waals surface area contributed by atoms with E-state index in [1.54, 1.807) is 51.3 Å². The van der Waals surface area contributed by atoms with Gasteiger partial charge in [0, 0.05) is 51.0 Å². The van der Waals surface area contributed by atoms with Crippen molar-refractivity contribution in [2.24, 2.45) is 4.99 Å². The Bertz CT molecular complexity index is 1790. The Morgan fingerprint density at radius 1 is 0.980 bits per heavy atom. The van der Waals surface area contributed by atoms with E-state index in [2.05, 4.69) is 47.2 Å². The van der Waals surface area contributed by atoms with Gasteiger partial charge in [0.15, 0.2) is 12.5 Å². The van der Waals surface area contributed by atoms with Crippen molar-refractivity contribution in [1.82, 2.24) is 25.2 Å². The number of aromatic nitrogens is 3. The number of H-pyrrole nitrogens is 1. The predicted octanol–water partition coefficient (Wildman–Crippen LogP) is 5.39. The van der Waals surface area contributed by atoms with Crippen LogP contribution < -0.4 is 15.0 Å². The summed E-state index contributed by atoms with van der Waals surface area (Å²) in [5.41, 5.74) is 1.47. The largest absolute Gasteiger partial charge is 0.494 e. The molecule has 3 heterocycles. The summed E-state index contributed by atoms with van der Waals surface area (Å²) in [6, 6.07) is 17.0. The number of nitrogens with zero attached hydrogens (tertiary/aromatic N) is 5. The molecule has 266 valence electrons. The van der Waals surface area contributed by atoms with Gasteiger partial charge in [-0.3, -0.25) is 9.89 Å². The summed E-state index contributed by atoms with van der Waals surface area (Å²) in [4.78, 5) is 45.8. The molecule has 1 saturated heterocycles. The lowest BCUT2D eigenvalue weighted by Gasteiger charge is -2.37. The lowest BCUT2D eigenvalue weighted by Crippen LogP contribution is -2.52. The van der Waals surface area contributed by atoms with Gasteiger partial charge < -0.3 is 34.5 Å². The average Bonchev–Trinajstić information content (AvgIpc) is 3.37. The number of piperazine rings is 1. The molecule has 13 heteroatoms. The fourth-order valence-electron chi connectivity index (χ4n) is 5.68. The minimum Gasteiger partial charge on any atom is -0.494 e. The van der Waals surface area contributed by atoms with Crippen LogP contribution >= 0.6 is 0 Å². The minimum atomic E-state index is -0.601. The van der Waals surface area contributed by atoms with Gasteiger partial charge in [-0.15, -0.1) is 0 Å². The number of amides is 1. The zero-order valence-corrected chi connectivity index (χ0v) is 29.6. The summed E-state index contributed by atoms with van der Waals surface area (Å²) >= 11 is 0. The van der Waals surface area contributed by atoms with E-state index in [0.29, 0.717) is 59.9 Å². The number of benzene rings is 2. The average molecular weight is 686 g/mol. The summed E-state index contributed by atoms with van der Waals surface area (Å²) in [5.74, 6) is 0.615. The molecular formula is C37H47N7O6. The third kappa shape index (κ3) is 10.4. The van der Waals surface area contributed by atoms with E-state index in [0.717, 1.165) is 18.7 Å². The Morgan fingerprint density at radius 2 is 1.70 bits per heavy atom. The monoisotopic (exact) mass is 685 g/mol. The van der Waals surface area contributed by atoms with Gasteiger partial charge in [-0.1, -0.05) is 36.4 Å². The highest BCUT2D eigenvalue weighted by Crippen LogP contribution is 2.32. The molecule has 50 heavy (non-hydrogen) atoms. The van der Waals surface area contributed by atoms with Crippen molar-refractivity contribution in [2.45, 2.75) is 65.2 Å². The maximum Gasteiger partial charge on any atom is 0.407 e. The van der Waals surface area contributed by atoms with Crippen molar-refractivity contribution < 1.29 is 28.9 Å². The number of carbonyl (C=O) groups excluding carboxylic acids is 2. The topological polar surface area (TPSA) is 154 Å². The normalized spacial score (nSPS) is 14.9. The van der Waals surface area contributed by atoms with Crippen LogP contribution in [0.5, 0.6) is 11.6 Å². The van der Waals surface area contributed by atoms with Crippen LogP contribution in [0.15, 0.2) is 65.9 Å². The molecule has 1 fully saturated rings. The van der Waals surface area contributed by atoms with Crippen LogP contribution in [0.25, 0.3) is 11.0 Å². The highest BCUT2D eigenvalue weighted by Gasteiger charge is 2.27. The maximum absolute atomic E-state index is 12.7. The Hall–Kier alpha value is -5.17. The molecule has 2 aromatic heterocycles. The highest BCUT2D eigenvalue weighted by molar-refractivity contribution is 6.06. The number of hydrogen-bond donors (Lipinski definition) is 3. The third-order valence-electron chi connectivity index (χ3n) is 7.72. The second-order valence-corrected chi connectivity index (χ2v) is 14.3. The number of fused-ring (bicyclic) bond motifs is 1. The number of hydrogen-bond acceptors (Lipinski definition) is 11. The van der Waals surface area contributed by atoms with Crippen LogP contribution in [0, 0.1) is 0 Å². The standard InChI is InChI=1S/C37H47N7O6/c1-36(2,3)49-30(45)23-48-28-14-10-13-26(20-28)38-21-29-31-32(42-34(29)46)39-24-40-33(31)44-17-15-43(16-18-44)22-27(19-25-11-8-7-9-12-25)41-35(47)50-37(4,5)6/h7-14,20-21,24,27,46H,15-19,22-23H2,1-6H3,(H,41,47)(H,39,40,42)/t27-/m1/s1. The fraction of sp³-hybridized carbons (Fsp3) is 0.432. The van der Waals surface area contributed by atoms with Crippen molar-refractivity contribution in [1.29, 1.82) is 0 Å². The van der Waals surface area contributed by atoms with E-state index in [9.17, 15) is 14.7 Å². The van der Waals surface area contributed by atoms with E-state index in [1.165, 1.54) is 6.33 Å².